The van der Waals surface area contributed by atoms with E-state index in [1.165, 1.54) is 11.8 Å². The molecule has 0 aromatic heterocycles. The number of anilines is 1. The van der Waals surface area contributed by atoms with E-state index in [1.807, 2.05) is 30.3 Å². The number of aliphatic carboxylic acids is 1. The van der Waals surface area contributed by atoms with Crippen LogP contribution in [0.1, 0.15) is 5.56 Å². The molecule has 0 aliphatic carbocycles. The Hall–Kier alpha value is -2.89. The van der Waals surface area contributed by atoms with Crippen LogP contribution in [0.3, 0.4) is 0 Å². The first-order valence-electron chi connectivity index (χ1n) is 10.1. The molecule has 0 bridgehead atoms. The number of amides is 1. The Bertz CT molecular complexity index is 1150. The molecular formula is C22H22N2O7S2. The van der Waals surface area contributed by atoms with Gasteiger partial charge in [-0.25, -0.2) is 13.2 Å². The monoisotopic (exact) mass is 490 g/mol. The van der Waals surface area contributed by atoms with Crippen LogP contribution in [0, 0.1) is 0 Å². The largest absolute Gasteiger partial charge is 0.489 e. The third-order valence-corrected chi connectivity index (χ3v) is 8.31. The lowest BCUT2D eigenvalue weighted by Gasteiger charge is -2.24. The first-order chi connectivity index (χ1) is 15.8. The SMILES string of the molecule is O=C(O)COCC(=O)N=C1SC2CS(=O)(=O)CC2N1c1ccc(OCc2ccccc2)cc1. The Labute approximate surface area is 195 Å². The molecule has 0 spiro atoms. The molecule has 2 unspecified atom stereocenters. The summed E-state index contributed by atoms with van der Waals surface area (Å²) in [6.45, 7) is -0.647. The number of benzene rings is 2. The minimum Gasteiger partial charge on any atom is -0.489 e. The van der Waals surface area contributed by atoms with Crippen molar-refractivity contribution in [1.29, 1.82) is 0 Å². The third-order valence-electron chi connectivity index (χ3n) is 5.10. The van der Waals surface area contributed by atoms with Gasteiger partial charge in [-0.3, -0.25) is 4.79 Å². The number of ether oxygens (including phenoxy) is 2. The van der Waals surface area contributed by atoms with E-state index in [1.54, 1.807) is 29.2 Å². The number of thioether (sulfide) groups is 1. The molecule has 1 amide bonds. The fourth-order valence-corrected chi connectivity index (χ4v) is 7.61. The standard InChI is InChI=1S/C22H22N2O7S2/c25-20(11-30-12-21(26)27)23-22-24(18-13-33(28,29)14-19(18)32-22)16-6-8-17(9-7-16)31-10-15-4-2-1-3-5-15/h1-9,18-19H,10-14H2,(H,26,27). The molecule has 0 radical (unpaired) electrons. The van der Waals surface area contributed by atoms with Crippen molar-refractivity contribution in [3.05, 3.63) is 60.2 Å². The predicted octanol–water partition coefficient (Wildman–Crippen LogP) is 1.97. The van der Waals surface area contributed by atoms with Crippen LogP contribution >= 0.6 is 11.8 Å². The minimum absolute atomic E-state index is 0.0137. The summed E-state index contributed by atoms with van der Waals surface area (Å²) in [6.07, 6.45) is 0. The average molecular weight is 491 g/mol. The summed E-state index contributed by atoms with van der Waals surface area (Å²) in [5, 5.41) is 8.77. The predicted molar refractivity (Wildman–Crippen MR) is 124 cm³/mol. The molecule has 33 heavy (non-hydrogen) atoms. The molecule has 4 rings (SSSR count). The van der Waals surface area contributed by atoms with Crippen molar-refractivity contribution in [1.82, 2.24) is 0 Å². The molecular weight excluding hydrogens is 468 g/mol. The minimum atomic E-state index is -3.19. The molecule has 2 heterocycles. The van der Waals surface area contributed by atoms with Gasteiger partial charge >= 0.3 is 5.97 Å². The van der Waals surface area contributed by atoms with Crippen LogP contribution in [-0.2, 0) is 30.8 Å². The summed E-state index contributed by atoms with van der Waals surface area (Å²) >= 11 is 1.24. The van der Waals surface area contributed by atoms with Gasteiger partial charge in [-0.2, -0.15) is 4.99 Å². The average Bonchev–Trinajstić information content (AvgIpc) is 3.23. The third kappa shape index (κ3) is 5.92. The number of fused-ring (bicyclic) bond motifs is 1. The number of sulfone groups is 1. The number of amidine groups is 1. The maximum Gasteiger partial charge on any atom is 0.329 e. The number of carboxylic acid groups (broad SMARTS) is 1. The number of aliphatic imine (C=N–C) groups is 1. The number of carbonyl (C=O) groups excluding carboxylic acids is 1. The van der Waals surface area contributed by atoms with E-state index in [0.717, 1.165) is 5.56 Å². The number of hydrogen-bond donors (Lipinski definition) is 1. The second-order valence-corrected chi connectivity index (χ2v) is 11.0. The number of carbonyl (C=O) groups is 2. The van der Waals surface area contributed by atoms with E-state index in [0.29, 0.717) is 23.2 Å². The fraction of sp³-hybridized carbons (Fsp3) is 0.318. The maximum absolute atomic E-state index is 12.2. The van der Waals surface area contributed by atoms with E-state index in [4.69, 9.17) is 14.6 Å². The van der Waals surface area contributed by atoms with Crippen LogP contribution < -0.4 is 9.64 Å². The Morgan fingerprint density at radius 2 is 1.79 bits per heavy atom. The number of hydrogen-bond acceptors (Lipinski definition) is 7. The highest BCUT2D eigenvalue weighted by molar-refractivity contribution is 8.16. The van der Waals surface area contributed by atoms with Crippen molar-refractivity contribution in [2.24, 2.45) is 4.99 Å². The van der Waals surface area contributed by atoms with E-state index < -0.39 is 34.9 Å². The highest BCUT2D eigenvalue weighted by Crippen LogP contribution is 2.41. The highest BCUT2D eigenvalue weighted by Gasteiger charge is 2.49. The van der Waals surface area contributed by atoms with E-state index in [-0.39, 0.29) is 22.8 Å². The van der Waals surface area contributed by atoms with Gasteiger partial charge in [0.15, 0.2) is 15.0 Å². The molecule has 11 heteroatoms. The molecule has 174 valence electrons. The van der Waals surface area contributed by atoms with Crippen molar-refractivity contribution in [2.75, 3.05) is 29.6 Å². The zero-order chi connectivity index (χ0) is 23.4. The Morgan fingerprint density at radius 1 is 1.06 bits per heavy atom. The summed E-state index contributed by atoms with van der Waals surface area (Å²) in [5.74, 6) is -1.17. The topological polar surface area (TPSA) is 123 Å². The number of rotatable bonds is 8. The Morgan fingerprint density at radius 3 is 2.48 bits per heavy atom. The molecule has 9 nitrogen and oxygen atoms in total. The summed E-state index contributed by atoms with van der Waals surface area (Å²) < 4.78 is 35.0. The van der Waals surface area contributed by atoms with Crippen molar-refractivity contribution >= 4 is 44.3 Å². The van der Waals surface area contributed by atoms with Gasteiger partial charge in [0.25, 0.3) is 5.91 Å². The molecule has 2 saturated heterocycles. The van der Waals surface area contributed by atoms with Crippen LogP contribution in [-0.4, -0.2) is 66.6 Å². The van der Waals surface area contributed by atoms with Gasteiger partial charge in [-0.15, -0.1) is 0 Å². The fourth-order valence-electron chi connectivity index (χ4n) is 3.67. The van der Waals surface area contributed by atoms with E-state index in [2.05, 4.69) is 4.99 Å². The number of carboxylic acids is 1. The summed E-state index contributed by atoms with van der Waals surface area (Å²) in [6, 6.07) is 16.6. The summed E-state index contributed by atoms with van der Waals surface area (Å²) in [4.78, 5) is 28.6. The van der Waals surface area contributed by atoms with Crippen LogP contribution in [0.2, 0.25) is 0 Å². The van der Waals surface area contributed by atoms with Gasteiger partial charge in [0, 0.05) is 10.9 Å². The van der Waals surface area contributed by atoms with Gasteiger partial charge in [-0.05, 0) is 29.8 Å². The van der Waals surface area contributed by atoms with Crippen molar-refractivity contribution in [2.45, 2.75) is 17.9 Å². The van der Waals surface area contributed by atoms with Crippen LogP contribution in [0.4, 0.5) is 5.69 Å². The second kappa shape index (κ2) is 9.94. The summed E-state index contributed by atoms with van der Waals surface area (Å²) in [7, 11) is -3.19. The lowest BCUT2D eigenvalue weighted by molar-refractivity contribution is -0.143. The molecule has 2 fully saturated rings. The van der Waals surface area contributed by atoms with Crippen molar-refractivity contribution < 1.29 is 32.6 Å². The molecule has 1 N–H and O–H groups in total. The zero-order valence-corrected chi connectivity index (χ0v) is 19.1. The van der Waals surface area contributed by atoms with Crippen molar-refractivity contribution in [3.63, 3.8) is 0 Å². The first-order valence-corrected chi connectivity index (χ1v) is 12.8. The molecule has 0 saturated carbocycles. The highest BCUT2D eigenvalue weighted by atomic mass is 32.2. The quantitative estimate of drug-likeness (QED) is 0.592. The first kappa shape index (κ1) is 23.3. The zero-order valence-electron chi connectivity index (χ0n) is 17.5. The van der Waals surface area contributed by atoms with Crippen LogP contribution in [0.15, 0.2) is 59.6 Å². The number of nitrogens with zero attached hydrogens (tertiary/aromatic N) is 2. The Balaban J connectivity index is 1.50. The lowest BCUT2D eigenvalue weighted by Crippen LogP contribution is -2.37. The van der Waals surface area contributed by atoms with Gasteiger partial charge in [0.05, 0.1) is 17.5 Å². The second-order valence-electron chi connectivity index (χ2n) is 7.61. The van der Waals surface area contributed by atoms with Crippen LogP contribution in [0.5, 0.6) is 5.75 Å². The van der Waals surface area contributed by atoms with Crippen LogP contribution in [0.25, 0.3) is 0 Å². The molecule has 2 aromatic carbocycles. The van der Waals surface area contributed by atoms with E-state index in [9.17, 15) is 18.0 Å². The summed E-state index contributed by atoms with van der Waals surface area (Å²) in [5.41, 5.74) is 1.73. The maximum atomic E-state index is 12.2. The van der Waals surface area contributed by atoms with E-state index >= 15 is 0 Å². The Kier molecular flexibility index (Phi) is 7.01. The molecule has 2 aliphatic rings. The molecule has 2 aliphatic heterocycles. The lowest BCUT2D eigenvalue weighted by atomic mass is 10.2. The van der Waals surface area contributed by atoms with Gasteiger partial charge in [-0.1, -0.05) is 42.1 Å². The molecule has 2 aromatic rings. The van der Waals surface area contributed by atoms with Gasteiger partial charge in [0.2, 0.25) is 0 Å². The van der Waals surface area contributed by atoms with Gasteiger partial charge in [0.1, 0.15) is 25.6 Å². The van der Waals surface area contributed by atoms with Gasteiger partial charge < -0.3 is 19.5 Å². The normalized spacial score (nSPS) is 22.3. The smallest absolute Gasteiger partial charge is 0.329 e. The van der Waals surface area contributed by atoms with Crippen molar-refractivity contribution in [3.8, 4) is 5.75 Å². The molecule has 2 atom stereocenters.